The number of aromatic hydroxyl groups is 2. The third kappa shape index (κ3) is 2.70. The lowest BCUT2D eigenvalue weighted by atomic mass is 9.59. The van der Waals surface area contributed by atoms with Gasteiger partial charge in [-0.25, -0.2) is 0 Å². The molecule has 1 fully saturated rings. The Morgan fingerprint density at radius 1 is 1.21 bits per heavy atom. The molecule has 3 atom stereocenters. The van der Waals surface area contributed by atoms with Gasteiger partial charge in [0.15, 0.2) is 11.5 Å². The van der Waals surface area contributed by atoms with Crippen molar-refractivity contribution in [2.75, 3.05) is 6.61 Å². The first kappa shape index (κ1) is 17.6. The quantitative estimate of drug-likeness (QED) is 0.626. The third-order valence-corrected chi connectivity index (χ3v) is 6.51. The van der Waals surface area contributed by atoms with E-state index in [2.05, 4.69) is 13.8 Å². The summed E-state index contributed by atoms with van der Waals surface area (Å²) in [5.41, 5.74) is 1.53. The van der Waals surface area contributed by atoms with Gasteiger partial charge in [-0.2, -0.15) is 0 Å². The molecule has 1 saturated carbocycles. The maximum Gasteiger partial charge on any atom is 0.161 e. The van der Waals surface area contributed by atoms with E-state index in [1.54, 1.807) is 0 Å². The van der Waals surface area contributed by atoms with E-state index in [0.29, 0.717) is 17.5 Å². The van der Waals surface area contributed by atoms with Crippen LogP contribution in [-0.4, -0.2) is 32.6 Å². The van der Waals surface area contributed by atoms with Crippen LogP contribution in [0, 0.1) is 11.3 Å². The van der Waals surface area contributed by atoms with Crippen molar-refractivity contribution in [3.63, 3.8) is 0 Å². The van der Waals surface area contributed by atoms with Gasteiger partial charge in [-0.05, 0) is 42.6 Å². The van der Waals surface area contributed by atoms with E-state index in [4.69, 9.17) is 0 Å². The molecule has 0 amide bonds. The zero-order chi connectivity index (χ0) is 17.7. The van der Waals surface area contributed by atoms with E-state index in [-0.39, 0.29) is 35.4 Å². The highest BCUT2D eigenvalue weighted by atomic mass is 16.3. The number of phenols is 2. The number of phenolic OH excluding ortho intramolecular Hbond substituents is 2. The SMILES string of the molecule is C[C@H](CO)c1cc2c(c(O)c1O)C[C@@]1(O)CCCC(C)(C)[C@@H]1CC2. The Kier molecular flexibility index (Phi) is 4.33. The minimum Gasteiger partial charge on any atom is -0.504 e. The number of aliphatic hydroxyl groups is 2. The maximum absolute atomic E-state index is 11.4. The van der Waals surface area contributed by atoms with Crippen molar-refractivity contribution in [3.05, 3.63) is 22.8 Å². The number of aliphatic hydroxyl groups excluding tert-OH is 1. The Labute approximate surface area is 144 Å². The minimum absolute atomic E-state index is 0.0773. The summed E-state index contributed by atoms with van der Waals surface area (Å²) in [6.07, 6.45) is 4.90. The fourth-order valence-electron chi connectivity index (χ4n) is 5.07. The van der Waals surface area contributed by atoms with Crippen LogP contribution < -0.4 is 0 Å². The van der Waals surface area contributed by atoms with Crippen LogP contribution in [-0.2, 0) is 12.8 Å². The lowest BCUT2D eigenvalue weighted by molar-refractivity contribution is -0.102. The Hall–Kier alpha value is -1.26. The van der Waals surface area contributed by atoms with Gasteiger partial charge in [-0.15, -0.1) is 0 Å². The Balaban J connectivity index is 2.07. The van der Waals surface area contributed by atoms with Crippen molar-refractivity contribution in [2.45, 2.75) is 70.8 Å². The molecule has 0 aromatic heterocycles. The van der Waals surface area contributed by atoms with Gasteiger partial charge in [-0.3, -0.25) is 0 Å². The Bertz CT molecular complexity index is 637. The summed E-state index contributed by atoms with van der Waals surface area (Å²) in [6.45, 7) is 6.21. The van der Waals surface area contributed by atoms with Crippen LogP contribution in [0.5, 0.6) is 11.5 Å². The predicted octanol–water partition coefficient (Wildman–Crippen LogP) is 3.24. The summed E-state index contributed by atoms with van der Waals surface area (Å²) in [5.74, 6) is -0.301. The molecule has 2 aliphatic carbocycles. The van der Waals surface area contributed by atoms with Gasteiger partial charge in [-0.1, -0.05) is 33.3 Å². The van der Waals surface area contributed by atoms with E-state index < -0.39 is 5.60 Å². The average Bonchev–Trinajstić information content (AvgIpc) is 2.67. The molecule has 0 aliphatic heterocycles. The predicted molar refractivity (Wildman–Crippen MR) is 93.4 cm³/mol. The molecule has 0 saturated heterocycles. The van der Waals surface area contributed by atoms with Crippen molar-refractivity contribution in [1.82, 2.24) is 0 Å². The van der Waals surface area contributed by atoms with Gasteiger partial charge in [0.2, 0.25) is 0 Å². The fraction of sp³-hybridized carbons (Fsp3) is 0.700. The lowest BCUT2D eigenvalue weighted by Gasteiger charge is -2.49. The molecule has 4 nitrogen and oxygen atoms in total. The van der Waals surface area contributed by atoms with E-state index in [0.717, 1.165) is 37.7 Å². The lowest BCUT2D eigenvalue weighted by Crippen LogP contribution is -2.50. The summed E-state index contributed by atoms with van der Waals surface area (Å²) in [5, 5.41) is 41.7. The van der Waals surface area contributed by atoms with Crippen LogP contribution in [0.15, 0.2) is 6.07 Å². The van der Waals surface area contributed by atoms with Crippen LogP contribution in [0.25, 0.3) is 0 Å². The molecule has 0 bridgehead atoms. The van der Waals surface area contributed by atoms with Gasteiger partial charge < -0.3 is 20.4 Å². The van der Waals surface area contributed by atoms with E-state index in [1.807, 2.05) is 13.0 Å². The van der Waals surface area contributed by atoms with Crippen LogP contribution in [0.4, 0.5) is 0 Å². The number of fused-ring (bicyclic) bond motifs is 2. The van der Waals surface area contributed by atoms with Gasteiger partial charge in [0.1, 0.15) is 0 Å². The number of benzene rings is 1. The summed E-state index contributed by atoms with van der Waals surface area (Å²) in [7, 11) is 0. The largest absolute Gasteiger partial charge is 0.504 e. The summed E-state index contributed by atoms with van der Waals surface area (Å²) in [4.78, 5) is 0. The van der Waals surface area contributed by atoms with E-state index in [9.17, 15) is 20.4 Å². The number of hydrogen-bond donors (Lipinski definition) is 4. The smallest absolute Gasteiger partial charge is 0.161 e. The molecule has 134 valence electrons. The highest BCUT2D eigenvalue weighted by Gasteiger charge is 2.49. The molecule has 3 rings (SSSR count). The van der Waals surface area contributed by atoms with Crippen LogP contribution in [0.3, 0.4) is 0 Å². The van der Waals surface area contributed by atoms with Crippen LogP contribution in [0.2, 0.25) is 0 Å². The van der Waals surface area contributed by atoms with Crippen molar-refractivity contribution in [1.29, 1.82) is 0 Å². The van der Waals surface area contributed by atoms with Gasteiger partial charge in [0, 0.05) is 30.1 Å². The van der Waals surface area contributed by atoms with Crippen molar-refractivity contribution < 1.29 is 20.4 Å². The Morgan fingerprint density at radius 3 is 2.58 bits per heavy atom. The molecule has 0 spiro atoms. The molecule has 0 radical (unpaired) electrons. The fourth-order valence-corrected chi connectivity index (χ4v) is 5.07. The zero-order valence-electron chi connectivity index (χ0n) is 15.0. The van der Waals surface area contributed by atoms with Crippen molar-refractivity contribution in [2.24, 2.45) is 11.3 Å². The second kappa shape index (κ2) is 5.92. The highest BCUT2D eigenvalue weighted by molar-refractivity contribution is 5.56. The summed E-state index contributed by atoms with van der Waals surface area (Å²) >= 11 is 0. The second-order valence-corrected chi connectivity index (χ2v) is 8.60. The number of rotatable bonds is 2. The molecule has 0 unspecified atom stereocenters. The maximum atomic E-state index is 11.4. The zero-order valence-corrected chi connectivity index (χ0v) is 15.0. The molecule has 1 aromatic carbocycles. The molecule has 2 aliphatic rings. The minimum atomic E-state index is -0.818. The molecular weight excluding hydrogens is 304 g/mol. The van der Waals surface area contributed by atoms with E-state index >= 15 is 0 Å². The van der Waals surface area contributed by atoms with E-state index in [1.165, 1.54) is 0 Å². The standard InChI is InChI=1S/C20H30O4/c1-12(11-21)14-9-13-5-6-16-19(2,3)7-4-8-20(16,24)10-15(13)18(23)17(14)22/h9,12,16,21-24H,4-8,10-11H2,1-3H3/t12-,16+,20+/m1/s1. The normalized spacial score (nSPS) is 30.1. The highest BCUT2D eigenvalue weighted by Crippen LogP contribution is 2.53. The molecule has 0 heterocycles. The van der Waals surface area contributed by atoms with Gasteiger partial charge >= 0.3 is 0 Å². The summed E-state index contributed by atoms with van der Waals surface area (Å²) in [6, 6.07) is 1.92. The summed E-state index contributed by atoms with van der Waals surface area (Å²) < 4.78 is 0. The Morgan fingerprint density at radius 2 is 1.92 bits per heavy atom. The first-order valence-electron chi connectivity index (χ1n) is 9.09. The molecule has 4 N–H and O–H groups in total. The van der Waals surface area contributed by atoms with Gasteiger partial charge in [0.25, 0.3) is 0 Å². The number of hydrogen-bond acceptors (Lipinski definition) is 4. The second-order valence-electron chi connectivity index (χ2n) is 8.60. The van der Waals surface area contributed by atoms with Crippen molar-refractivity contribution >= 4 is 0 Å². The molecular formula is C20H30O4. The third-order valence-electron chi connectivity index (χ3n) is 6.51. The number of aryl methyl sites for hydroxylation is 1. The first-order chi connectivity index (χ1) is 11.2. The molecule has 4 heteroatoms. The van der Waals surface area contributed by atoms with Gasteiger partial charge in [0.05, 0.1) is 5.60 Å². The van der Waals surface area contributed by atoms with Crippen LogP contribution in [0.1, 0.15) is 69.1 Å². The molecule has 24 heavy (non-hydrogen) atoms. The first-order valence-corrected chi connectivity index (χ1v) is 9.09. The topological polar surface area (TPSA) is 80.9 Å². The molecule has 1 aromatic rings. The average molecular weight is 334 g/mol. The monoisotopic (exact) mass is 334 g/mol. The van der Waals surface area contributed by atoms with Crippen molar-refractivity contribution in [3.8, 4) is 11.5 Å². The van der Waals surface area contributed by atoms with Crippen LogP contribution >= 0.6 is 0 Å².